The second-order valence-corrected chi connectivity index (χ2v) is 6.12. The number of anilines is 1. The van der Waals surface area contributed by atoms with Gasteiger partial charge in [-0.05, 0) is 28.7 Å². The van der Waals surface area contributed by atoms with Crippen molar-refractivity contribution in [3.05, 3.63) is 21.0 Å². The smallest absolute Gasteiger partial charge is 0.232 e. The zero-order chi connectivity index (χ0) is 12.5. The lowest BCUT2D eigenvalue weighted by atomic mass is 9.95. The Labute approximate surface area is 114 Å². The molecule has 3 nitrogen and oxygen atoms in total. The molecule has 0 radical (unpaired) electrons. The van der Waals surface area contributed by atoms with Gasteiger partial charge in [0.2, 0.25) is 5.91 Å². The van der Waals surface area contributed by atoms with Gasteiger partial charge in [-0.25, -0.2) is 4.98 Å². The predicted molar refractivity (Wildman–Crippen MR) is 74.8 cm³/mol. The van der Waals surface area contributed by atoms with Crippen LogP contribution in [-0.4, -0.2) is 17.9 Å². The Hall–Kier alpha value is -0.360. The van der Waals surface area contributed by atoms with E-state index < -0.39 is 5.41 Å². The SMILES string of the molecule is CN(C(=O)C(C)(C)C)c1cnc(Cl)cc1I. The number of carbonyl (C=O) groups excluding carboxylic acids is 1. The van der Waals surface area contributed by atoms with E-state index in [1.807, 2.05) is 20.8 Å². The van der Waals surface area contributed by atoms with Crippen molar-refractivity contribution < 1.29 is 4.79 Å². The Kier molecular flexibility index (Phi) is 4.17. The maximum Gasteiger partial charge on any atom is 0.232 e. The number of nitrogens with zero attached hydrogens (tertiary/aromatic N) is 2. The highest BCUT2D eigenvalue weighted by Crippen LogP contribution is 2.26. The standard InChI is InChI=1S/C11H14ClIN2O/c1-11(2,3)10(16)15(4)8-6-14-9(12)5-7(8)13/h5-6H,1-4H3. The van der Waals surface area contributed by atoms with Gasteiger partial charge in [0.1, 0.15) is 5.15 Å². The first-order valence-electron chi connectivity index (χ1n) is 4.82. The maximum absolute atomic E-state index is 12.1. The summed E-state index contributed by atoms with van der Waals surface area (Å²) in [6, 6.07) is 1.74. The van der Waals surface area contributed by atoms with Crippen LogP contribution in [0.25, 0.3) is 0 Å². The van der Waals surface area contributed by atoms with Crippen molar-refractivity contribution in [2.75, 3.05) is 11.9 Å². The van der Waals surface area contributed by atoms with Crippen molar-refractivity contribution in [1.82, 2.24) is 4.98 Å². The van der Waals surface area contributed by atoms with Crippen LogP contribution in [0.4, 0.5) is 5.69 Å². The maximum atomic E-state index is 12.1. The highest BCUT2D eigenvalue weighted by Gasteiger charge is 2.26. The molecule has 0 unspecified atom stereocenters. The second-order valence-electron chi connectivity index (χ2n) is 4.57. The van der Waals surface area contributed by atoms with Crippen LogP contribution in [0.2, 0.25) is 5.15 Å². The number of amides is 1. The summed E-state index contributed by atoms with van der Waals surface area (Å²) in [6.45, 7) is 5.67. The number of carbonyl (C=O) groups is 1. The summed E-state index contributed by atoms with van der Waals surface area (Å²) in [4.78, 5) is 17.7. The van der Waals surface area contributed by atoms with Crippen LogP contribution in [-0.2, 0) is 4.79 Å². The Morgan fingerprint density at radius 2 is 2.06 bits per heavy atom. The van der Waals surface area contributed by atoms with Crippen molar-refractivity contribution in [3.63, 3.8) is 0 Å². The van der Waals surface area contributed by atoms with Crippen molar-refractivity contribution >= 4 is 45.8 Å². The van der Waals surface area contributed by atoms with Gasteiger partial charge < -0.3 is 4.90 Å². The molecule has 0 aliphatic carbocycles. The van der Waals surface area contributed by atoms with Crippen LogP contribution in [0.3, 0.4) is 0 Å². The quantitative estimate of drug-likeness (QED) is 0.574. The lowest BCUT2D eigenvalue weighted by Gasteiger charge is -2.26. The molecule has 1 heterocycles. The van der Waals surface area contributed by atoms with E-state index in [2.05, 4.69) is 27.6 Å². The van der Waals surface area contributed by atoms with Crippen molar-refractivity contribution in [2.24, 2.45) is 5.41 Å². The molecule has 5 heteroatoms. The first-order chi connectivity index (χ1) is 7.23. The third kappa shape index (κ3) is 3.07. The predicted octanol–water partition coefficient (Wildman–Crippen LogP) is 3.35. The Balaban J connectivity index is 3.06. The minimum atomic E-state index is -0.405. The molecular formula is C11H14ClIN2O. The molecule has 88 valence electrons. The average Bonchev–Trinajstić information content (AvgIpc) is 2.14. The summed E-state index contributed by atoms with van der Waals surface area (Å²) in [6.07, 6.45) is 1.62. The van der Waals surface area contributed by atoms with E-state index in [-0.39, 0.29) is 5.91 Å². The molecule has 1 aromatic rings. The van der Waals surface area contributed by atoms with Gasteiger partial charge in [-0.1, -0.05) is 32.4 Å². The van der Waals surface area contributed by atoms with E-state index >= 15 is 0 Å². The number of hydrogen-bond acceptors (Lipinski definition) is 2. The molecular weight excluding hydrogens is 338 g/mol. The number of rotatable bonds is 1. The van der Waals surface area contributed by atoms with Gasteiger partial charge in [-0.2, -0.15) is 0 Å². The molecule has 0 saturated heterocycles. The zero-order valence-corrected chi connectivity index (χ0v) is 12.6. The van der Waals surface area contributed by atoms with Crippen molar-refractivity contribution in [2.45, 2.75) is 20.8 Å². The van der Waals surface area contributed by atoms with E-state index in [0.29, 0.717) is 5.15 Å². The van der Waals surface area contributed by atoms with Gasteiger partial charge >= 0.3 is 0 Å². The van der Waals surface area contributed by atoms with Crippen molar-refractivity contribution in [1.29, 1.82) is 0 Å². The van der Waals surface area contributed by atoms with Gasteiger partial charge in [-0.3, -0.25) is 4.79 Å². The third-order valence-corrected chi connectivity index (χ3v) is 3.18. The van der Waals surface area contributed by atoms with Crippen LogP contribution in [0.5, 0.6) is 0 Å². The minimum absolute atomic E-state index is 0.0505. The number of halogens is 2. The molecule has 0 saturated carbocycles. The topological polar surface area (TPSA) is 33.2 Å². The minimum Gasteiger partial charge on any atom is -0.313 e. The molecule has 0 aliphatic rings. The normalized spacial score (nSPS) is 11.4. The summed E-state index contributed by atoms with van der Waals surface area (Å²) in [5.41, 5.74) is 0.377. The first kappa shape index (κ1) is 13.7. The lowest BCUT2D eigenvalue weighted by molar-refractivity contribution is -0.125. The highest BCUT2D eigenvalue weighted by molar-refractivity contribution is 14.1. The highest BCUT2D eigenvalue weighted by atomic mass is 127. The molecule has 0 atom stereocenters. The van der Waals surface area contributed by atoms with Crippen LogP contribution in [0.1, 0.15) is 20.8 Å². The van der Waals surface area contributed by atoms with E-state index in [1.54, 1.807) is 24.2 Å². The molecule has 1 amide bonds. The second kappa shape index (κ2) is 4.87. The van der Waals surface area contributed by atoms with Gasteiger partial charge in [-0.15, -0.1) is 0 Å². The van der Waals surface area contributed by atoms with Gasteiger partial charge in [0.15, 0.2) is 0 Å². The fourth-order valence-corrected chi connectivity index (χ4v) is 2.40. The van der Waals surface area contributed by atoms with Gasteiger partial charge in [0.05, 0.1) is 11.9 Å². The monoisotopic (exact) mass is 352 g/mol. The van der Waals surface area contributed by atoms with E-state index in [9.17, 15) is 4.79 Å². The molecule has 0 bridgehead atoms. The van der Waals surface area contributed by atoms with E-state index in [1.165, 1.54) is 0 Å². The fourth-order valence-electron chi connectivity index (χ4n) is 1.26. The first-order valence-corrected chi connectivity index (χ1v) is 6.28. The summed E-state index contributed by atoms with van der Waals surface area (Å²) >= 11 is 7.92. The van der Waals surface area contributed by atoms with Crippen LogP contribution < -0.4 is 4.90 Å². The molecule has 0 N–H and O–H groups in total. The molecule has 0 aromatic carbocycles. The summed E-state index contributed by atoms with van der Waals surface area (Å²) in [5, 5.41) is 0.435. The number of aromatic nitrogens is 1. The fraction of sp³-hybridized carbons (Fsp3) is 0.455. The number of hydrogen-bond donors (Lipinski definition) is 0. The van der Waals surface area contributed by atoms with Gasteiger partial charge in [0.25, 0.3) is 0 Å². The van der Waals surface area contributed by atoms with Crippen LogP contribution in [0, 0.1) is 8.99 Å². The van der Waals surface area contributed by atoms with Crippen LogP contribution >= 0.6 is 34.2 Å². The molecule has 1 aromatic heterocycles. The average molecular weight is 353 g/mol. The third-order valence-electron chi connectivity index (χ3n) is 2.11. The van der Waals surface area contributed by atoms with Crippen molar-refractivity contribution in [3.8, 4) is 0 Å². The van der Waals surface area contributed by atoms with E-state index in [4.69, 9.17) is 11.6 Å². The summed E-state index contributed by atoms with van der Waals surface area (Å²) in [5.74, 6) is 0.0505. The van der Waals surface area contributed by atoms with Crippen LogP contribution in [0.15, 0.2) is 12.3 Å². The molecule has 16 heavy (non-hydrogen) atoms. The van der Waals surface area contributed by atoms with E-state index in [0.717, 1.165) is 9.26 Å². The van der Waals surface area contributed by atoms with Gasteiger partial charge in [0, 0.05) is 16.0 Å². The summed E-state index contributed by atoms with van der Waals surface area (Å²) in [7, 11) is 1.75. The summed E-state index contributed by atoms with van der Waals surface area (Å²) < 4.78 is 0.915. The largest absolute Gasteiger partial charge is 0.313 e. The molecule has 1 rings (SSSR count). The zero-order valence-electron chi connectivity index (χ0n) is 9.71. The lowest BCUT2D eigenvalue weighted by Crippen LogP contribution is -2.37. The molecule has 0 aliphatic heterocycles. The Bertz CT molecular complexity index is 415. The number of pyridine rings is 1. The Morgan fingerprint density at radius 1 is 1.50 bits per heavy atom. The Morgan fingerprint density at radius 3 is 2.50 bits per heavy atom. The molecule has 0 fully saturated rings. The molecule has 0 spiro atoms.